The number of quaternary nitrogens is 1. The fourth-order valence-electron chi connectivity index (χ4n) is 4.46. The molecule has 2 aliphatic heterocycles. The van der Waals surface area contributed by atoms with Crippen molar-refractivity contribution >= 4 is 0 Å². The highest BCUT2D eigenvalue weighted by Crippen LogP contribution is 2.36. The summed E-state index contributed by atoms with van der Waals surface area (Å²) in [5.74, 6) is 0. The Labute approximate surface area is 110 Å². The van der Waals surface area contributed by atoms with Gasteiger partial charge in [0, 0.05) is 11.1 Å². The molecule has 1 heteroatoms. The molecule has 0 N–H and O–H groups in total. The van der Waals surface area contributed by atoms with Gasteiger partial charge in [-0.1, -0.05) is 0 Å². The largest absolute Gasteiger partial charge is 0.316 e. The van der Waals surface area contributed by atoms with E-state index in [0.29, 0.717) is 0 Å². The third-order valence-electron chi connectivity index (χ3n) is 5.44. The van der Waals surface area contributed by atoms with Gasteiger partial charge in [-0.15, -0.1) is 0 Å². The van der Waals surface area contributed by atoms with Gasteiger partial charge in [0.15, 0.2) is 0 Å². The molecule has 2 heterocycles. The monoisotopic (exact) mass is 242 g/mol. The highest BCUT2D eigenvalue weighted by Gasteiger charge is 2.37. The van der Waals surface area contributed by atoms with Crippen LogP contribution in [0.2, 0.25) is 0 Å². The highest BCUT2D eigenvalue weighted by molar-refractivity contribution is 5.40. The topological polar surface area (TPSA) is 0 Å². The molecule has 1 nitrogen and oxygen atoms in total. The summed E-state index contributed by atoms with van der Waals surface area (Å²) >= 11 is 0. The number of benzene rings is 1. The van der Waals surface area contributed by atoms with Crippen LogP contribution in [0.5, 0.6) is 0 Å². The molecule has 0 radical (unpaired) electrons. The molecule has 0 bridgehead atoms. The predicted octanol–water partition coefficient (Wildman–Crippen LogP) is 3.58. The molecule has 4 rings (SSSR count). The lowest BCUT2D eigenvalue weighted by atomic mass is 9.89. The number of rotatable bonds is 0. The molecule has 1 spiro atoms. The van der Waals surface area contributed by atoms with Gasteiger partial charge in [-0.3, -0.25) is 0 Å². The first-order valence-electron chi connectivity index (χ1n) is 7.83. The van der Waals surface area contributed by atoms with E-state index in [0.717, 1.165) is 0 Å². The molecule has 0 saturated carbocycles. The zero-order valence-corrected chi connectivity index (χ0v) is 11.4. The third-order valence-corrected chi connectivity index (χ3v) is 5.44. The Balaban J connectivity index is 1.68. The first kappa shape index (κ1) is 11.0. The van der Waals surface area contributed by atoms with Gasteiger partial charge < -0.3 is 4.48 Å². The van der Waals surface area contributed by atoms with Crippen LogP contribution in [0.25, 0.3) is 0 Å². The summed E-state index contributed by atoms with van der Waals surface area (Å²) in [7, 11) is 0. The normalized spacial score (nSPS) is 24.9. The van der Waals surface area contributed by atoms with Gasteiger partial charge in [-0.2, -0.15) is 0 Å². The van der Waals surface area contributed by atoms with Gasteiger partial charge in [0.2, 0.25) is 0 Å². The molecule has 0 aromatic heterocycles. The summed E-state index contributed by atoms with van der Waals surface area (Å²) < 4.78 is 1.39. The molecule has 96 valence electrons. The standard InChI is InChI=1S/C17H24N/c1-4-8-18(9-5-1)12-16-10-14-6-2-3-7-15(14)11-17(16)13-18/h10-11H,1-9,12-13H2/q+1. The van der Waals surface area contributed by atoms with E-state index in [1.165, 1.54) is 75.6 Å². The van der Waals surface area contributed by atoms with Crippen LogP contribution in [0.4, 0.5) is 0 Å². The van der Waals surface area contributed by atoms with Crippen molar-refractivity contribution in [2.75, 3.05) is 13.1 Å². The van der Waals surface area contributed by atoms with Crippen LogP contribution in [-0.2, 0) is 25.9 Å². The number of piperidine rings is 1. The van der Waals surface area contributed by atoms with E-state index in [4.69, 9.17) is 0 Å². The van der Waals surface area contributed by atoms with E-state index in [1.807, 2.05) is 0 Å². The van der Waals surface area contributed by atoms with E-state index in [1.54, 1.807) is 22.3 Å². The van der Waals surface area contributed by atoms with Crippen molar-refractivity contribution in [2.45, 2.75) is 58.0 Å². The minimum Gasteiger partial charge on any atom is -0.316 e. The van der Waals surface area contributed by atoms with E-state index >= 15 is 0 Å². The molecule has 1 aliphatic carbocycles. The van der Waals surface area contributed by atoms with Gasteiger partial charge >= 0.3 is 0 Å². The second-order valence-electron chi connectivity index (χ2n) is 6.76. The Hall–Kier alpha value is -0.820. The van der Waals surface area contributed by atoms with Gasteiger partial charge in [0.1, 0.15) is 13.1 Å². The number of aryl methyl sites for hydroxylation is 2. The maximum atomic E-state index is 2.57. The van der Waals surface area contributed by atoms with Gasteiger partial charge in [0.05, 0.1) is 13.1 Å². The summed E-state index contributed by atoms with van der Waals surface area (Å²) in [6, 6.07) is 5.15. The van der Waals surface area contributed by atoms with Gasteiger partial charge in [-0.05, 0) is 68.2 Å². The molecular formula is C17H24N+. The van der Waals surface area contributed by atoms with E-state index in [-0.39, 0.29) is 0 Å². The first-order valence-corrected chi connectivity index (χ1v) is 7.83. The Morgan fingerprint density at radius 1 is 0.611 bits per heavy atom. The molecule has 0 unspecified atom stereocenters. The van der Waals surface area contributed by atoms with Crippen LogP contribution >= 0.6 is 0 Å². The van der Waals surface area contributed by atoms with Crippen LogP contribution < -0.4 is 0 Å². The molecule has 0 amide bonds. The van der Waals surface area contributed by atoms with Crippen molar-refractivity contribution in [2.24, 2.45) is 0 Å². The van der Waals surface area contributed by atoms with Crippen molar-refractivity contribution in [1.29, 1.82) is 0 Å². The smallest absolute Gasteiger partial charge is 0.105 e. The summed E-state index contributed by atoms with van der Waals surface area (Å²) in [4.78, 5) is 0. The second-order valence-corrected chi connectivity index (χ2v) is 6.76. The molecular weight excluding hydrogens is 218 g/mol. The highest BCUT2D eigenvalue weighted by atomic mass is 15.4. The molecule has 0 atom stereocenters. The SMILES string of the molecule is c1c2c(cc3c1C[N+]1(CCCCC1)C3)CCCC2. The maximum absolute atomic E-state index is 2.57. The molecule has 1 saturated heterocycles. The number of fused-ring (bicyclic) bond motifs is 2. The molecule has 3 aliphatic rings. The van der Waals surface area contributed by atoms with E-state index in [2.05, 4.69) is 12.1 Å². The summed E-state index contributed by atoms with van der Waals surface area (Å²) in [6.07, 6.45) is 9.86. The Bertz CT molecular complexity index is 432. The predicted molar refractivity (Wildman–Crippen MR) is 74.3 cm³/mol. The lowest BCUT2D eigenvalue weighted by molar-refractivity contribution is -0.951. The van der Waals surface area contributed by atoms with Crippen molar-refractivity contribution in [3.63, 3.8) is 0 Å². The number of nitrogens with zero attached hydrogens (tertiary/aromatic N) is 1. The third kappa shape index (κ3) is 1.72. The van der Waals surface area contributed by atoms with Crippen molar-refractivity contribution in [3.8, 4) is 0 Å². The van der Waals surface area contributed by atoms with Gasteiger partial charge in [0.25, 0.3) is 0 Å². The zero-order chi connectivity index (χ0) is 12.0. The lowest BCUT2D eigenvalue weighted by Crippen LogP contribution is -2.46. The molecule has 1 aromatic rings. The summed E-state index contributed by atoms with van der Waals surface area (Å²) in [6.45, 7) is 5.53. The number of hydrogen-bond donors (Lipinski definition) is 0. The molecule has 1 fully saturated rings. The van der Waals surface area contributed by atoms with Crippen LogP contribution in [0, 0.1) is 0 Å². The fourth-order valence-corrected chi connectivity index (χ4v) is 4.46. The minimum absolute atomic E-state index is 1.34. The minimum atomic E-state index is 1.34. The Morgan fingerprint density at radius 2 is 1.17 bits per heavy atom. The van der Waals surface area contributed by atoms with Crippen molar-refractivity contribution < 1.29 is 4.48 Å². The first-order chi connectivity index (χ1) is 8.85. The number of hydrogen-bond acceptors (Lipinski definition) is 0. The lowest BCUT2D eigenvalue weighted by Gasteiger charge is -2.37. The van der Waals surface area contributed by atoms with Crippen LogP contribution in [0.1, 0.15) is 54.4 Å². The van der Waals surface area contributed by atoms with Crippen LogP contribution in [0.3, 0.4) is 0 Å². The fraction of sp³-hybridized carbons (Fsp3) is 0.647. The van der Waals surface area contributed by atoms with Crippen molar-refractivity contribution in [3.05, 3.63) is 34.4 Å². The average molecular weight is 242 g/mol. The Kier molecular flexibility index (Phi) is 2.51. The quantitative estimate of drug-likeness (QED) is 0.610. The summed E-state index contributed by atoms with van der Waals surface area (Å²) in [5.41, 5.74) is 6.74. The van der Waals surface area contributed by atoms with Crippen LogP contribution in [-0.4, -0.2) is 17.6 Å². The molecule has 1 aromatic carbocycles. The maximum Gasteiger partial charge on any atom is 0.105 e. The molecule has 18 heavy (non-hydrogen) atoms. The second kappa shape index (κ2) is 4.09. The van der Waals surface area contributed by atoms with E-state index < -0.39 is 0 Å². The van der Waals surface area contributed by atoms with Crippen molar-refractivity contribution in [1.82, 2.24) is 0 Å². The van der Waals surface area contributed by atoms with Gasteiger partial charge in [-0.25, -0.2) is 0 Å². The zero-order valence-electron chi connectivity index (χ0n) is 11.4. The van der Waals surface area contributed by atoms with E-state index in [9.17, 15) is 0 Å². The van der Waals surface area contributed by atoms with Crippen LogP contribution in [0.15, 0.2) is 12.1 Å². The summed E-state index contributed by atoms with van der Waals surface area (Å²) in [5, 5.41) is 0. The Morgan fingerprint density at radius 3 is 1.72 bits per heavy atom. The average Bonchev–Trinajstić information content (AvgIpc) is 2.73.